The van der Waals surface area contributed by atoms with Crippen LogP contribution in [0.1, 0.15) is 37.4 Å². The maximum Gasteiger partial charge on any atom is 0.228 e. The molecular formula is C12H15ClN6S2. The summed E-state index contributed by atoms with van der Waals surface area (Å²) in [6.45, 7) is 2.19. The van der Waals surface area contributed by atoms with Gasteiger partial charge in [0, 0.05) is 36.4 Å². The number of hydrogen-bond acceptors (Lipinski definition) is 7. The third-order valence-electron chi connectivity index (χ3n) is 3.79. The summed E-state index contributed by atoms with van der Waals surface area (Å²) < 4.78 is 6.84. The van der Waals surface area contributed by atoms with Crippen molar-refractivity contribution in [3.63, 3.8) is 0 Å². The Balaban J connectivity index is 1.55. The first-order valence-electron chi connectivity index (χ1n) is 7.12. The van der Waals surface area contributed by atoms with E-state index in [0.717, 1.165) is 29.9 Å². The first-order valence-corrected chi connectivity index (χ1v) is 9.26. The van der Waals surface area contributed by atoms with Gasteiger partial charge in [0.1, 0.15) is 10.0 Å². The average molecular weight is 343 g/mol. The van der Waals surface area contributed by atoms with Crippen LogP contribution < -0.4 is 4.90 Å². The highest BCUT2D eigenvalue weighted by Gasteiger charge is 2.32. The Morgan fingerprint density at radius 2 is 2.00 bits per heavy atom. The fraction of sp³-hybridized carbons (Fsp3) is 0.667. The van der Waals surface area contributed by atoms with Gasteiger partial charge in [-0.15, -0.1) is 15.3 Å². The molecule has 2 aliphatic rings. The molecule has 112 valence electrons. The summed E-state index contributed by atoms with van der Waals surface area (Å²) in [5, 5.41) is 13.9. The van der Waals surface area contributed by atoms with E-state index in [1.165, 1.54) is 37.2 Å². The molecule has 0 amide bonds. The monoisotopic (exact) mass is 342 g/mol. The summed E-state index contributed by atoms with van der Waals surface area (Å²) in [5.74, 6) is 1.74. The second-order valence-electron chi connectivity index (χ2n) is 5.36. The number of halogens is 1. The van der Waals surface area contributed by atoms with E-state index in [-0.39, 0.29) is 0 Å². The summed E-state index contributed by atoms with van der Waals surface area (Å²) in [6, 6.07) is 0.571. The summed E-state index contributed by atoms with van der Waals surface area (Å²) in [4.78, 5) is 2.35. The summed E-state index contributed by atoms with van der Waals surface area (Å²) in [7, 11) is 0. The van der Waals surface area contributed by atoms with Crippen LogP contribution in [-0.2, 0) is 5.75 Å². The standard InChI is InChI=1S/C12H15ClN6S2/c13-10-9(14-17-21-10)7-20-12-16-15-11(18-5-1-2-6-18)19(12)8-3-4-8/h8H,1-7H2. The van der Waals surface area contributed by atoms with Crippen molar-refractivity contribution >= 4 is 40.8 Å². The largest absolute Gasteiger partial charge is 0.341 e. The molecule has 0 bridgehead atoms. The molecule has 0 unspecified atom stereocenters. The van der Waals surface area contributed by atoms with Crippen molar-refractivity contribution in [1.82, 2.24) is 24.4 Å². The Kier molecular flexibility index (Phi) is 3.76. The van der Waals surface area contributed by atoms with Crippen LogP contribution in [0.5, 0.6) is 0 Å². The smallest absolute Gasteiger partial charge is 0.228 e. The van der Waals surface area contributed by atoms with Crippen molar-refractivity contribution in [3.05, 3.63) is 10.0 Å². The van der Waals surface area contributed by atoms with Crippen LogP contribution in [0.3, 0.4) is 0 Å². The van der Waals surface area contributed by atoms with E-state index >= 15 is 0 Å². The van der Waals surface area contributed by atoms with Gasteiger partial charge < -0.3 is 4.90 Å². The minimum absolute atomic E-state index is 0.571. The molecular weight excluding hydrogens is 328 g/mol. The predicted octanol–water partition coefficient (Wildman–Crippen LogP) is 3.01. The number of nitrogens with zero attached hydrogens (tertiary/aromatic N) is 6. The van der Waals surface area contributed by atoms with Gasteiger partial charge >= 0.3 is 0 Å². The maximum absolute atomic E-state index is 6.06. The second kappa shape index (κ2) is 5.73. The third-order valence-corrected chi connectivity index (χ3v) is 5.73. The van der Waals surface area contributed by atoms with Crippen molar-refractivity contribution in [3.8, 4) is 0 Å². The zero-order chi connectivity index (χ0) is 14.2. The van der Waals surface area contributed by atoms with E-state index in [1.807, 2.05) is 0 Å². The molecule has 3 heterocycles. The van der Waals surface area contributed by atoms with Crippen molar-refractivity contribution in [2.75, 3.05) is 18.0 Å². The zero-order valence-corrected chi connectivity index (χ0v) is 13.8. The van der Waals surface area contributed by atoms with Crippen molar-refractivity contribution in [2.45, 2.75) is 42.6 Å². The molecule has 21 heavy (non-hydrogen) atoms. The number of rotatable bonds is 5. The van der Waals surface area contributed by atoms with E-state index in [4.69, 9.17) is 11.6 Å². The van der Waals surface area contributed by atoms with Crippen LogP contribution in [0.4, 0.5) is 5.95 Å². The summed E-state index contributed by atoms with van der Waals surface area (Å²) >= 11 is 8.94. The molecule has 1 saturated carbocycles. The molecule has 1 aliphatic heterocycles. The van der Waals surface area contributed by atoms with Gasteiger partial charge in [0.15, 0.2) is 5.16 Å². The Bertz CT molecular complexity index is 631. The van der Waals surface area contributed by atoms with Gasteiger partial charge in [-0.25, -0.2) is 0 Å². The Labute approximate surface area is 136 Å². The number of hydrogen-bond donors (Lipinski definition) is 0. The van der Waals surface area contributed by atoms with Crippen LogP contribution in [0.15, 0.2) is 5.16 Å². The maximum atomic E-state index is 6.06. The van der Waals surface area contributed by atoms with Gasteiger partial charge in [-0.1, -0.05) is 27.9 Å². The van der Waals surface area contributed by atoms with Crippen LogP contribution in [0, 0.1) is 0 Å². The SMILES string of the molecule is Clc1snnc1CSc1nnc(N2CCCC2)n1C1CC1. The summed E-state index contributed by atoms with van der Waals surface area (Å²) in [6.07, 6.45) is 4.96. The van der Waals surface area contributed by atoms with Crippen molar-refractivity contribution < 1.29 is 0 Å². The molecule has 0 spiro atoms. The molecule has 2 aromatic heterocycles. The molecule has 4 rings (SSSR count). The van der Waals surface area contributed by atoms with E-state index in [9.17, 15) is 0 Å². The lowest BCUT2D eigenvalue weighted by molar-refractivity contribution is 0.651. The lowest BCUT2D eigenvalue weighted by atomic mass is 10.4. The molecule has 2 fully saturated rings. The van der Waals surface area contributed by atoms with Crippen LogP contribution in [0.25, 0.3) is 0 Å². The Hall–Kier alpha value is -0.860. The predicted molar refractivity (Wildman–Crippen MR) is 84.2 cm³/mol. The van der Waals surface area contributed by atoms with Crippen LogP contribution >= 0.6 is 34.9 Å². The highest BCUT2D eigenvalue weighted by atomic mass is 35.5. The average Bonchev–Trinajstić information content (AvgIpc) is 2.93. The first kappa shape index (κ1) is 13.8. The molecule has 0 radical (unpaired) electrons. The topological polar surface area (TPSA) is 59.7 Å². The normalized spacial score (nSPS) is 18.6. The van der Waals surface area contributed by atoms with Crippen molar-refractivity contribution in [2.24, 2.45) is 0 Å². The molecule has 0 aromatic carbocycles. The molecule has 0 N–H and O–H groups in total. The van der Waals surface area contributed by atoms with E-state index in [1.54, 1.807) is 11.8 Å². The quantitative estimate of drug-likeness (QED) is 0.778. The molecule has 9 heteroatoms. The van der Waals surface area contributed by atoms with Gasteiger partial charge in [-0.2, -0.15) is 0 Å². The van der Waals surface area contributed by atoms with Gasteiger partial charge in [0.05, 0.1) is 0 Å². The highest BCUT2D eigenvalue weighted by molar-refractivity contribution is 7.98. The molecule has 1 aliphatic carbocycles. The van der Waals surface area contributed by atoms with Crippen molar-refractivity contribution in [1.29, 1.82) is 0 Å². The number of aromatic nitrogens is 5. The lowest BCUT2D eigenvalue weighted by Crippen LogP contribution is -2.22. The van der Waals surface area contributed by atoms with Crippen LogP contribution in [-0.4, -0.2) is 37.4 Å². The zero-order valence-electron chi connectivity index (χ0n) is 11.4. The van der Waals surface area contributed by atoms with Gasteiger partial charge in [-0.3, -0.25) is 4.57 Å². The minimum Gasteiger partial charge on any atom is -0.341 e. The first-order chi connectivity index (χ1) is 10.3. The van der Waals surface area contributed by atoms with E-state index in [0.29, 0.717) is 16.1 Å². The van der Waals surface area contributed by atoms with E-state index in [2.05, 4.69) is 29.3 Å². The minimum atomic E-state index is 0.571. The molecule has 2 aromatic rings. The van der Waals surface area contributed by atoms with Gasteiger partial charge in [0.2, 0.25) is 5.95 Å². The molecule has 0 atom stereocenters. The van der Waals surface area contributed by atoms with Crippen LogP contribution in [0.2, 0.25) is 4.34 Å². The van der Waals surface area contributed by atoms with E-state index < -0.39 is 0 Å². The van der Waals surface area contributed by atoms with Gasteiger partial charge in [-0.05, 0) is 25.7 Å². The van der Waals surface area contributed by atoms with Gasteiger partial charge in [0.25, 0.3) is 0 Å². The molecule has 6 nitrogen and oxygen atoms in total. The number of anilines is 1. The third kappa shape index (κ3) is 2.76. The molecule has 1 saturated heterocycles. The fourth-order valence-electron chi connectivity index (χ4n) is 2.57. The Morgan fingerprint density at radius 1 is 1.19 bits per heavy atom. The Morgan fingerprint density at radius 3 is 2.67 bits per heavy atom. The fourth-order valence-corrected chi connectivity index (χ4v) is 4.30. The number of thioether (sulfide) groups is 1. The second-order valence-corrected chi connectivity index (χ2v) is 7.66. The summed E-state index contributed by atoms with van der Waals surface area (Å²) in [5.41, 5.74) is 0.833. The lowest BCUT2D eigenvalue weighted by Gasteiger charge is -2.17. The highest BCUT2D eigenvalue weighted by Crippen LogP contribution is 2.42.